The summed E-state index contributed by atoms with van der Waals surface area (Å²) in [5.74, 6) is 0.671. The molecule has 0 spiro atoms. The Labute approximate surface area is 194 Å². The van der Waals surface area contributed by atoms with Crippen LogP contribution in [0.15, 0.2) is 6.07 Å². The van der Waals surface area contributed by atoms with Crippen LogP contribution in [0.4, 0.5) is 29.5 Å². The lowest BCUT2D eigenvalue weighted by Crippen LogP contribution is -2.37. The van der Waals surface area contributed by atoms with Gasteiger partial charge in [-0.05, 0) is 25.8 Å². The summed E-state index contributed by atoms with van der Waals surface area (Å²) in [7, 11) is 1.33. The van der Waals surface area contributed by atoms with Crippen LogP contribution in [0, 0.1) is 6.92 Å². The van der Waals surface area contributed by atoms with Crippen molar-refractivity contribution in [3.63, 3.8) is 0 Å². The molecule has 34 heavy (non-hydrogen) atoms. The van der Waals surface area contributed by atoms with E-state index in [0.29, 0.717) is 38.5 Å². The van der Waals surface area contributed by atoms with Crippen LogP contribution in [0.3, 0.4) is 0 Å². The van der Waals surface area contributed by atoms with Crippen LogP contribution < -0.4 is 9.64 Å². The van der Waals surface area contributed by atoms with Crippen molar-refractivity contribution in [2.75, 3.05) is 44.9 Å². The van der Waals surface area contributed by atoms with E-state index >= 15 is 0 Å². The second kappa shape index (κ2) is 8.64. The number of hydrogen-bond acceptors (Lipinski definition) is 7. The predicted octanol–water partition coefficient (Wildman–Crippen LogP) is 3.61. The maximum Gasteiger partial charge on any atom is 0.418 e. The predicted molar refractivity (Wildman–Crippen MR) is 114 cm³/mol. The van der Waals surface area contributed by atoms with Gasteiger partial charge in [0.15, 0.2) is 5.82 Å². The number of halogens is 3. The number of methoxy groups -OCH3 is 1. The number of aryl methyl sites for hydroxylation is 1. The summed E-state index contributed by atoms with van der Waals surface area (Å²) in [6, 6.07) is 1.21. The molecular formula is C22H26F3N5O4. The number of alkyl halides is 3. The largest absolute Gasteiger partial charge is 0.474 e. The standard InChI is InChI=1S/C22H26F3N5O4/c1-13-16(22(23,24)25)11-18-20(26-13)34-10-7-29(18)19-15-12-28(21(31)32-2)6-3-17(15)30(27-19)14-4-8-33-9-5-14/h11,14H,3-10,12H2,1-2H3. The molecule has 0 saturated carbocycles. The molecule has 1 amide bonds. The fourth-order valence-electron chi connectivity index (χ4n) is 4.90. The average Bonchev–Trinajstić information content (AvgIpc) is 3.21. The zero-order valence-corrected chi connectivity index (χ0v) is 19.0. The molecule has 184 valence electrons. The van der Waals surface area contributed by atoms with Gasteiger partial charge in [-0.25, -0.2) is 9.78 Å². The highest BCUT2D eigenvalue weighted by Crippen LogP contribution is 2.43. The molecule has 1 saturated heterocycles. The highest BCUT2D eigenvalue weighted by atomic mass is 19.4. The molecule has 9 nitrogen and oxygen atoms in total. The van der Waals surface area contributed by atoms with Gasteiger partial charge in [0.05, 0.1) is 37.5 Å². The Morgan fingerprint density at radius 3 is 2.68 bits per heavy atom. The van der Waals surface area contributed by atoms with Crippen molar-refractivity contribution in [1.82, 2.24) is 19.7 Å². The summed E-state index contributed by atoms with van der Waals surface area (Å²) >= 11 is 0. The van der Waals surface area contributed by atoms with Gasteiger partial charge in [-0.1, -0.05) is 0 Å². The van der Waals surface area contributed by atoms with Gasteiger partial charge in [0.2, 0.25) is 5.88 Å². The number of carbonyl (C=O) groups excluding carboxylic acids is 1. The fourth-order valence-corrected chi connectivity index (χ4v) is 4.90. The molecular weight excluding hydrogens is 455 g/mol. The number of ether oxygens (including phenoxy) is 3. The number of nitrogens with zero attached hydrogens (tertiary/aromatic N) is 5. The van der Waals surface area contributed by atoms with Crippen LogP contribution in [-0.4, -0.2) is 65.8 Å². The number of carbonyl (C=O) groups is 1. The molecule has 0 aliphatic carbocycles. The van der Waals surface area contributed by atoms with Gasteiger partial charge < -0.3 is 24.0 Å². The van der Waals surface area contributed by atoms with Gasteiger partial charge >= 0.3 is 12.3 Å². The van der Waals surface area contributed by atoms with Gasteiger partial charge in [0.1, 0.15) is 12.3 Å². The van der Waals surface area contributed by atoms with Gasteiger partial charge in [-0.3, -0.25) is 4.68 Å². The number of hydrogen-bond donors (Lipinski definition) is 0. The van der Waals surface area contributed by atoms with Crippen molar-refractivity contribution < 1.29 is 32.2 Å². The molecule has 2 aromatic rings. The van der Waals surface area contributed by atoms with E-state index in [1.165, 1.54) is 14.0 Å². The zero-order valence-electron chi connectivity index (χ0n) is 19.0. The van der Waals surface area contributed by atoms with Gasteiger partial charge in [0, 0.05) is 37.4 Å². The summed E-state index contributed by atoms with van der Waals surface area (Å²) in [4.78, 5) is 19.7. The molecule has 0 N–H and O–H groups in total. The maximum absolute atomic E-state index is 13.7. The van der Waals surface area contributed by atoms with E-state index in [-0.39, 0.29) is 36.5 Å². The molecule has 2 aromatic heterocycles. The second-order valence-corrected chi connectivity index (χ2v) is 8.62. The third-order valence-electron chi connectivity index (χ3n) is 6.60. The van der Waals surface area contributed by atoms with E-state index in [9.17, 15) is 18.0 Å². The highest BCUT2D eigenvalue weighted by Gasteiger charge is 2.38. The van der Waals surface area contributed by atoms with Crippen molar-refractivity contribution >= 4 is 17.6 Å². The van der Waals surface area contributed by atoms with Crippen LogP contribution in [-0.2, 0) is 28.6 Å². The van der Waals surface area contributed by atoms with E-state index in [1.807, 2.05) is 4.68 Å². The van der Waals surface area contributed by atoms with Crippen molar-refractivity contribution in [3.05, 3.63) is 28.6 Å². The third kappa shape index (κ3) is 3.93. The molecule has 3 aliphatic heterocycles. The number of pyridine rings is 1. The molecule has 0 aromatic carbocycles. The lowest BCUT2D eigenvalue weighted by Gasteiger charge is -2.32. The molecule has 5 rings (SSSR count). The molecule has 1 fully saturated rings. The molecule has 3 aliphatic rings. The summed E-state index contributed by atoms with van der Waals surface area (Å²) in [6.07, 6.45) is -2.82. The minimum absolute atomic E-state index is 0.128. The number of aromatic nitrogens is 3. The molecule has 0 radical (unpaired) electrons. The Kier molecular flexibility index (Phi) is 5.78. The van der Waals surface area contributed by atoms with Gasteiger partial charge in [-0.15, -0.1) is 0 Å². The number of amides is 1. The van der Waals surface area contributed by atoms with E-state index < -0.39 is 17.8 Å². The number of fused-ring (bicyclic) bond motifs is 2. The molecule has 0 unspecified atom stereocenters. The van der Waals surface area contributed by atoms with E-state index in [0.717, 1.165) is 30.2 Å². The average molecular weight is 481 g/mol. The van der Waals surface area contributed by atoms with Crippen LogP contribution in [0.25, 0.3) is 0 Å². The summed E-state index contributed by atoms with van der Waals surface area (Å²) in [6.45, 7) is 3.88. The van der Waals surface area contributed by atoms with Crippen LogP contribution >= 0.6 is 0 Å². The molecule has 0 bridgehead atoms. The van der Waals surface area contributed by atoms with Crippen LogP contribution in [0.5, 0.6) is 5.88 Å². The smallest absolute Gasteiger partial charge is 0.418 e. The minimum Gasteiger partial charge on any atom is -0.474 e. The van der Waals surface area contributed by atoms with Crippen molar-refractivity contribution in [2.45, 2.75) is 44.9 Å². The molecule has 5 heterocycles. The first-order chi connectivity index (χ1) is 16.3. The first-order valence-electron chi connectivity index (χ1n) is 11.3. The fraction of sp³-hybridized carbons (Fsp3) is 0.591. The Hall–Kier alpha value is -3.02. The monoisotopic (exact) mass is 481 g/mol. The van der Waals surface area contributed by atoms with Gasteiger partial charge in [-0.2, -0.15) is 18.3 Å². The maximum atomic E-state index is 13.7. The first kappa shape index (κ1) is 22.8. The summed E-state index contributed by atoms with van der Waals surface area (Å²) < 4.78 is 59.0. The van der Waals surface area contributed by atoms with Crippen LogP contribution in [0.1, 0.15) is 41.4 Å². The number of anilines is 2. The lowest BCUT2D eigenvalue weighted by atomic mass is 10.0. The number of rotatable bonds is 2. The third-order valence-corrected chi connectivity index (χ3v) is 6.60. The Balaban J connectivity index is 1.62. The quantitative estimate of drug-likeness (QED) is 0.648. The second-order valence-electron chi connectivity index (χ2n) is 8.62. The van der Waals surface area contributed by atoms with Crippen molar-refractivity contribution in [3.8, 4) is 5.88 Å². The van der Waals surface area contributed by atoms with E-state index in [2.05, 4.69) is 4.98 Å². The van der Waals surface area contributed by atoms with E-state index in [1.54, 1.807) is 9.80 Å². The Bertz CT molecular complexity index is 1100. The summed E-state index contributed by atoms with van der Waals surface area (Å²) in [5.41, 5.74) is 1.07. The Morgan fingerprint density at radius 1 is 1.21 bits per heavy atom. The normalized spacial score (nSPS) is 18.9. The summed E-state index contributed by atoms with van der Waals surface area (Å²) in [5, 5.41) is 4.92. The van der Waals surface area contributed by atoms with Crippen molar-refractivity contribution in [2.24, 2.45) is 0 Å². The topological polar surface area (TPSA) is 82.0 Å². The highest BCUT2D eigenvalue weighted by molar-refractivity contribution is 5.72. The van der Waals surface area contributed by atoms with Gasteiger partial charge in [0.25, 0.3) is 0 Å². The molecule has 12 heteroatoms. The lowest BCUT2D eigenvalue weighted by molar-refractivity contribution is -0.138. The first-order valence-corrected chi connectivity index (χ1v) is 11.3. The molecule has 0 atom stereocenters. The zero-order chi connectivity index (χ0) is 24.0. The van der Waals surface area contributed by atoms with E-state index in [4.69, 9.17) is 19.3 Å². The van der Waals surface area contributed by atoms with Crippen LogP contribution in [0.2, 0.25) is 0 Å². The van der Waals surface area contributed by atoms with Crippen molar-refractivity contribution in [1.29, 1.82) is 0 Å². The minimum atomic E-state index is -4.54. The Morgan fingerprint density at radius 2 is 1.97 bits per heavy atom. The SMILES string of the molecule is COC(=O)N1CCc2c(c(N3CCOc4nc(C)c(C(F)(F)F)cc43)nn2C2CCOCC2)C1.